The molecule has 0 radical (unpaired) electrons. The molecule has 9 amide bonds. The quantitative estimate of drug-likeness (QED) is 0.00601. The lowest BCUT2D eigenvalue weighted by Gasteiger charge is -2.67. The van der Waals surface area contributed by atoms with Gasteiger partial charge in [-0.15, -0.1) is 11.8 Å². The Hall–Kier alpha value is -14.4. The molecule has 21 atom stereocenters. The van der Waals surface area contributed by atoms with Crippen molar-refractivity contribution in [3.8, 4) is 11.8 Å². The zero-order valence-electron chi connectivity index (χ0n) is 85.8. The van der Waals surface area contributed by atoms with Gasteiger partial charge in [-0.3, -0.25) is 77.1 Å². The minimum atomic E-state index is -2.68. The summed E-state index contributed by atoms with van der Waals surface area (Å²) in [5, 5.41) is 83.1. The van der Waals surface area contributed by atoms with Crippen LogP contribution < -0.4 is 70.8 Å². The molecule has 5 unspecified atom stereocenters. The first-order chi connectivity index (χ1) is 71.2. The van der Waals surface area contributed by atoms with Gasteiger partial charge >= 0.3 is 29.8 Å². The van der Waals surface area contributed by atoms with Crippen LogP contribution in [-0.2, 0) is 115 Å². The maximum Gasteiger partial charge on any atom is 0.338 e. The van der Waals surface area contributed by atoms with Gasteiger partial charge in [0, 0.05) is 98.4 Å². The van der Waals surface area contributed by atoms with Crippen LogP contribution in [0.5, 0.6) is 11.8 Å². The normalized spacial score (nSPS) is 21.8. The van der Waals surface area contributed by atoms with Gasteiger partial charge in [-0.1, -0.05) is 177 Å². The first-order valence-corrected chi connectivity index (χ1v) is 51.2. The topological polar surface area (TPSA) is 666 Å². The van der Waals surface area contributed by atoms with Gasteiger partial charge in [-0.25, -0.2) is 9.59 Å². The van der Waals surface area contributed by atoms with Crippen molar-refractivity contribution in [2.75, 3.05) is 25.4 Å². The van der Waals surface area contributed by atoms with Gasteiger partial charge < -0.3 is 125 Å². The number of hydrogen-bond acceptors (Lipinski definition) is 30. The van der Waals surface area contributed by atoms with Gasteiger partial charge in [0.05, 0.1) is 52.9 Å². The average molecular weight is 2100 g/mol. The van der Waals surface area contributed by atoms with Gasteiger partial charge in [0.15, 0.2) is 35.1 Å². The number of carbonyl (C=O) groups is 16. The molecule has 1 saturated heterocycles. The zero-order chi connectivity index (χ0) is 110. The van der Waals surface area contributed by atoms with E-state index in [1.165, 1.54) is 71.0 Å². The molecule has 43 heteroatoms. The van der Waals surface area contributed by atoms with Crippen LogP contribution in [0.1, 0.15) is 197 Å². The smallest absolute Gasteiger partial charge is 0.338 e. The number of aromatic hydroxyl groups is 2. The monoisotopic (exact) mass is 2090 g/mol. The Balaban J connectivity index is 0.796. The van der Waals surface area contributed by atoms with E-state index in [0.29, 0.717) is 18.4 Å². The molecule has 1 aliphatic heterocycles. The van der Waals surface area contributed by atoms with E-state index >= 15 is 9.59 Å². The minimum absolute atomic E-state index is 0.0206. The number of Topliss-reactive ketones (excluding diaryl/α,β-unsaturated/α-hetero) is 2. The number of aliphatic hydroxyl groups excluding tert-OH is 1. The lowest BCUT2D eigenvalue weighted by molar-refractivity contribution is -0.346. The van der Waals surface area contributed by atoms with E-state index in [2.05, 4.69) is 52.8 Å². The number of aromatic nitrogens is 2. The number of amides is 9. The number of guanidine groups is 1. The van der Waals surface area contributed by atoms with Crippen molar-refractivity contribution in [3.63, 3.8) is 0 Å². The number of H-pyrrole nitrogens is 1. The van der Waals surface area contributed by atoms with Crippen LogP contribution in [0, 0.1) is 39.9 Å². The first kappa shape index (κ1) is 116. The standard InChI is InChI=1S/C107H138N16O26S/c1-12-57(3)84(98(138)117-71(41-28-29-46-108)95(135)120-85(58(4)13-2)99(139)119-75(50-67-54-114-70-40-27-26-39-68(67)70)97(137)118-74(60(6)124)49-63-31-18-14-19-32-63)121-96(136)73(43-44-80(110)127)116-94(134)72(42-30-47-113-103(111)112)115-93(133)69(109)55-150-77-51-81(128)123(100(77)140)48-45-82(129)147-78-52-79-106(56-144-79,149-62(8)126)89-91(148-101(141)66-37-24-17-25-38-66)107(143)53-76(59(5)83(104(107,9)10)88(145-61(7)125)90(131)105(78,89)11)146-102(142)87(130)86(64-33-20-15-21-34-64)122-92(132)65-35-22-16-23-36-65/h14-27,31-40,51,54,57-59,69,71-76,78-79,84-87,89,91,114,128,130,140,143H,12-13,28-30,41-50,52-53,55-56,108-109H2,1-11H3,(H2,110,127)(H,115,133)(H,116,134)(H,117,138)(H,118,137)(H,119,139)(H,120,135)(H,121,136)(H,122,132)(H4,111,112,113)/t57?,58?,59?,69-,71-,72-,73-,74-,75-,76-,78?,79+,84-,85-,86-,87+,89?,91-,105+,106-,107+/m0/s1. The number of aromatic amines is 1. The summed E-state index contributed by atoms with van der Waals surface area (Å²) in [6.45, 7) is 15.0. The van der Waals surface area contributed by atoms with Crippen molar-refractivity contribution in [2.24, 2.45) is 57.4 Å². The number of fused-ring (bicyclic) bond motifs is 6. The molecule has 4 aliphatic rings. The van der Waals surface area contributed by atoms with Crippen molar-refractivity contribution in [1.29, 1.82) is 5.41 Å². The van der Waals surface area contributed by atoms with Crippen LogP contribution in [0.2, 0.25) is 0 Å². The number of primary amides is 1. The molecule has 2 bridgehead atoms. The Morgan fingerprint density at radius 1 is 0.633 bits per heavy atom. The predicted molar refractivity (Wildman–Crippen MR) is 548 cm³/mol. The van der Waals surface area contributed by atoms with Crippen molar-refractivity contribution >= 4 is 123 Å². The average Bonchev–Trinajstić information content (AvgIpc) is 0.691. The van der Waals surface area contributed by atoms with Crippen LogP contribution in [-0.4, -0.2) is 246 Å². The molecule has 2 aromatic heterocycles. The number of aliphatic hydroxyl groups is 2. The van der Waals surface area contributed by atoms with E-state index in [0.717, 1.165) is 52.7 Å². The number of rotatable bonds is 51. The van der Waals surface area contributed by atoms with E-state index in [1.807, 2.05) is 42.5 Å². The van der Waals surface area contributed by atoms with Crippen LogP contribution in [0.4, 0.5) is 0 Å². The highest BCUT2D eigenvalue weighted by Gasteiger charge is 2.79. The summed E-state index contributed by atoms with van der Waals surface area (Å²) in [6.07, 6.45) is -9.15. The molecule has 3 aliphatic carbocycles. The molecule has 11 rings (SSSR count). The van der Waals surface area contributed by atoms with E-state index < -0.39 is 294 Å². The van der Waals surface area contributed by atoms with E-state index in [-0.39, 0.29) is 91.0 Å². The highest BCUT2D eigenvalue weighted by molar-refractivity contribution is 7.99. The molecule has 5 aromatic carbocycles. The third-order valence-corrected chi connectivity index (χ3v) is 30.1. The minimum Gasteiger partial charge on any atom is -0.494 e. The van der Waals surface area contributed by atoms with Crippen LogP contribution >= 0.6 is 11.8 Å². The molecule has 42 nitrogen and oxygen atoms in total. The van der Waals surface area contributed by atoms with Crippen molar-refractivity contribution in [2.45, 2.75) is 274 Å². The van der Waals surface area contributed by atoms with E-state index in [9.17, 15) is 87.5 Å². The lowest BCUT2D eigenvalue weighted by atomic mass is 9.45. The number of carbonyl (C=O) groups excluding carboxylic acids is 16. The van der Waals surface area contributed by atoms with Gasteiger partial charge in [0.1, 0.15) is 66.3 Å². The molecule has 7 aromatic rings. The number of benzene rings is 5. The van der Waals surface area contributed by atoms with Crippen molar-refractivity contribution in [1.82, 2.24) is 57.4 Å². The molecule has 23 N–H and O–H groups in total. The largest absolute Gasteiger partial charge is 0.494 e. The summed E-state index contributed by atoms with van der Waals surface area (Å²) in [5.74, 6) is -22.2. The Labute approximate surface area is 872 Å². The molecule has 150 heavy (non-hydrogen) atoms. The van der Waals surface area contributed by atoms with Gasteiger partial charge in [-0.2, -0.15) is 0 Å². The van der Waals surface area contributed by atoms with Crippen molar-refractivity contribution in [3.05, 3.63) is 197 Å². The van der Waals surface area contributed by atoms with Gasteiger partial charge in [0.25, 0.3) is 5.91 Å². The number of unbranched alkanes of at least 4 members (excludes halogenated alkanes) is 1. The highest BCUT2D eigenvalue weighted by atomic mass is 32.2. The number of allylic oxidation sites excluding steroid dienone is 1. The van der Waals surface area contributed by atoms with Crippen LogP contribution in [0.25, 0.3) is 10.9 Å². The summed E-state index contributed by atoms with van der Waals surface area (Å²) in [6, 6.07) is 28.1. The summed E-state index contributed by atoms with van der Waals surface area (Å²) >= 11 is 0.735. The summed E-state index contributed by atoms with van der Waals surface area (Å²) in [7, 11) is 0. The van der Waals surface area contributed by atoms with Crippen LogP contribution in [0.15, 0.2) is 174 Å². The zero-order valence-corrected chi connectivity index (χ0v) is 86.6. The Morgan fingerprint density at radius 2 is 1.18 bits per heavy atom. The summed E-state index contributed by atoms with van der Waals surface area (Å²) < 4.78 is 38.8. The number of esters is 5. The Bertz CT molecular complexity index is 6090. The molecular formula is C107H138N16O26S. The molecular weight excluding hydrogens is 1960 g/mol. The van der Waals surface area contributed by atoms with Crippen molar-refractivity contribution < 1.29 is 126 Å². The Kier molecular flexibility index (Phi) is 39.9. The number of nitrogens with two attached hydrogens (primary N) is 4. The fourth-order valence-electron chi connectivity index (χ4n) is 20.1. The number of thioether (sulfide) groups is 1. The van der Waals surface area contributed by atoms with E-state index in [1.54, 1.807) is 101 Å². The third-order valence-electron chi connectivity index (χ3n) is 28.9. The number of ketones is 2. The van der Waals surface area contributed by atoms with E-state index in [4.69, 9.17) is 56.8 Å². The van der Waals surface area contributed by atoms with Gasteiger partial charge in [0.2, 0.25) is 58.9 Å². The van der Waals surface area contributed by atoms with Crippen LogP contribution in [0.3, 0.4) is 0 Å². The lowest BCUT2D eigenvalue weighted by Crippen LogP contribution is -2.81. The molecule has 3 heterocycles. The first-order valence-electron chi connectivity index (χ1n) is 50.3. The second-order valence-corrected chi connectivity index (χ2v) is 40.6. The fourth-order valence-corrected chi connectivity index (χ4v) is 21.0. The number of ether oxygens (including phenoxy) is 6. The number of nitrogens with zero attached hydrogens (tertiary/aromatic N) is 1. The molecule has 808 valence electrons. The predicted octanol–water partition coefficient (Wildman–Crippen LogP) is 4.91. The molecule has 3 fully saturated rings. The maximum absolute atomic E-state index is 16.8. The second-order valence-electron chi connectivity index (χ2n) is 39.6. The summed E-state index contributed by atoms with van der Waals surface area (Å²) in [4.78, 5) is 235. The SMILES string of the molecule is CCC(C)[C@H](NC(=O)[C@H](CCCCN)NC(=O)[C@@H](NC(=O)[C@H](CCC(N)=O)NC(=O)[C@H](CCCNC(=N)N)NC(=O)[C@@H](N)CSc1cc(O)n(CCC(=O)OC2C[C@H]3OC[C@@]3(OC(C)=O)C3[C@H](OC(=O)c4ccccc4)[C@]4(O)C[C@H](OC(=O)[C@H](O)[C@@H](NC(=O)c5ccccc5)c5ccccc5)C(C)C(=C(OC(C)=O)C(=O)[C@]23C)C4(C)C)c1O)C(C)CC)C(=O)N[C@@H](Cc1c[nH]c2ccccc12)C(=O)N[C@@H](Cc1ccccc1)C(C)=O. The third kappa shape index (κ3) is 27.6. The number of para-hydroxylation sites is 1. The molecule has 0 spiro atoms. The van der Waals surface area contributed by atoms with Gasteiger partial charge in [-0.05, 0) is 130 Å². The number of hydrogen-bond donors (Lipinski definition) is 19. The highest BCUT2D eigenvalue weighted by Crippen LogP contribution is 2.66. The summed E-state index contributed by atoms with van der Waals surface area (Å²) in [5.41, 5.74) is 16.9. The maximum atomic E-state index is 16.8. The Morgan fingerprint density at radius 3 is 1.75 bits per heavy atom. The molecule has 2 saturated carbocycles. The second kappa shape index (κ2) is 51.7. The fraction of sp³-hybridized carbons (Fsp3) is 0.486. The number of nitrogens with one attached hydrogen (secondary N) is 11.